The summed E-state index contributed by atoms with van der Waals surface area (Å²) in [7, 11) is 3.38. The topological polar surface area (TPSA) is 44.1 Å². The zero-order chi connectivity index (χ0) is 12.3. The van der Waals surface area contributed by atoms with Crippen LogP contribution in [-0.2, 0) is 22.3 Å². The highest BCUT2D eigenvalue weighted by molar-refractivity contribution is 7.98. The van der Waals surface area contributed by atoms with Crippen LogP contribution in [0.25, 0.3) is 0 Å². The van der Waals surface area contributed by atoms with Gasteiger partial charge in [-0.3, -0.25) is 9.48 Å². The number of aryl methyl sites for hydroxylation is 1. The van der Waals surface area contributed by atoms with E-state index in [9.17, 15) is 4.79 Å². The van der Waals surface area contributed by atoms with Gasteiger partial charge in [0.05, 0.1) is 19.2 Å². The second-order valence-electron chi connectivity index (χ2n) is 4.73. The number of carbonyl (C=O) groups excluding carboxylic acids is 1. The molecule has 0 amide bonds. The van der Waals surface area contributed by atoms with Crippen molar-refractivity contribution in [3.63, 3.8) is 0 Å². The number of nitrogens with zero attached hydrogens (tertiary/aromatic N) is 2. The molecule has 0 saturated heterocycles. The van der Waals surface area contributed by atoms with Crippen LogP contribution in [-0.4, -0.2) is 28.6 Å². The van der Waals surface area contributed by atoms with Gasteiger partial charge in [-0.2, -0.15) is 16.9 Å². The third-order valence-electron chi connectivity index (χ3n) is 3.13. The molecule has 5 heteroatoms. The second-order valence-corrected chi connectivity index (χ2v) is 5.71. The Bertz CT molecular complexity index is 399. The van der Waals surface area contributed by atoms with E-state index < -0.39 is 0 Å². The standard InChI is InChI=1S/C12H18N2O2S/c1-14-6-3-10(13-14)8-17-9-12(4-5-12)7-11(15)16-2/h3,6H,4-5,7-9H2,1-2H3. The lowest BCUT2D eigenvalue weighted by molar-refractivity contribution is -0.141. The van der Waals surface area contributed by atoms with Gasteiger partial charge in [-0.25, -0.2) is 0 Å². The van der Waals surface area contributed by atoms with Crippen molar-refractivity contribution in [3.8, 4) is 0 Å². The lowest BCUT2D eigenvalue weighted by Gasteiger charge is -2.12. The average Bonchev–Trinajstić information content (AvgIpc) is 2.93. The van der Waals surface area contributed by atoms with Crippen LogP contribution in [0.1, 0.15) is 25.0 Å². The van der Waals surface area contributed by atoms with Crippen LogP contribution >= 0.6 is 11.8 Å². The quantitative estimate of drug-likeness (QED) is 0.728. The molecule has 0 spiro atoms. The Morgan fingerprint density at radius 2 is 2.41 bits per heavy atom. The summed E-state index contributed by atoms with van der Waals surface area (Å²) in [6.07, 6.45) is 4.82. The molecule has 17 heavy (non-hydrogen) atoms. The molecule has 1 aliphatic carbocycles. The van der Waals surface area contributed by atoms with E-state index in [2.05, 4.69) is 5.10 Å². The van der Waals surface area contributed by atoms with Crippen molar-refractivity contribution in [3.05, 3.63) is 18.0 Å². The summed E-state index contributed by atoms with van der Waals surface area (Å²) in [5, 5.41) is 4.33. The summed E-state index contributed by atoms with van der Waals surface area (Å²) in [4.78, 5) is 11.3. The van der Waals surface area contributed by atoms with Crippen LogP contribution in [0.2, 0.25) is 0 Å². The van der Waals surface area contributed by atoms with Crippen LogP contribution < -0.4 is 0 Å². The average molecular weight is 254 g/mol. The van der Waals surface area contributed by atoms with E-state index in [1.54, 1.807) is 0 Å². The van der Waals surface area contributed by atoms with Crippen molar-refractivity contribution in [1.29, 1.82) is 0 Å². The van der Waals surface area contributed by atoms with Crippen molar-refractivity contribution < 1.29 is 9.53 Å². The molecule has 0 atom stereocenters. The maximum Gasteiger partial charge on any atom is 0.306 e. The molecule has 0 unspecified atom stereocenters. The Hall–Kier alpha value is -0.970. The number of rotatable bonds is 6. The molecule has 1 heterocycles. The first-order valence-corrected chi connectivity index (χ1v) is 6.92. The largest absolute Gasteiger partial charge is 0.469 e. The molecule has 1 fully saturated rings. The first-order valence-electron chi connectivity index (χ1n) is 5.77. The molecule has 0 radical (unpaired) electrons. The SMILES string of the molecule is COC(=O)CC1(CSCc2ccn(C)n2)CC1. The number of methoxy groups -OCH3 is 1. The number of aromatic nitrogens is 2. The fourth-order valence-electron chi connectivity index (χ4n) is 1.84. The van der Waals surface area contributed by atoms with Gasteiger partial charge in [0, 0.05) is 19.0 Å². The fourth-order valence-corrected chi connectivity index (χ4v) is 3.13. The third-order valence-corrected chi connectivity index (χ3v) is 4.45. The van der Waals surface area contributed by atoms with Gasteiger partial charge in [0.25, 0.3) is 0 Å². The Labute approximate surface area is 106 Å². The highest BCUT2D eigenvalue weighted by atomic mass is 32.2. The minimum Gasteiger partial charge on any atom is -0.469 e. The number of hydrogen-bond acceptors (Lipinski definition) is 4. The molecule has 0 bridgehead atoms. The van der Waals surface area contributed by atoms with Crippen LogP contribution in [0.4, 0.5) is 0 Å². The zero-order valence-corrected chi connectivity index (χ0v) is 11.1. The Balaban J connectivity index is 1.73. The van der Waals surface area contributed by atoms with Crippen molar-refractivity contribution >= 4 is 17.7 Å². The summed E-state index contributed by atoms with van der Waals surface area (Å²) in [6.45, 7) is 0. The van der Waals surface area contributed by atoms with Crippen molar-refractivity contribution in [1.82, 2.24) is 9.78 Å². The lowest BCUT2D eigenvalue weighted by Crippen LogP contribution is -2.13. The maximum atomic E-state index is 11.3. The van der Waals surface area contributed by atoms with E-state index in [1.165, 1.54) is 7.11 Å². The van der Waals surface area contributed by atoms with Crippen molar-refractivity contribution in [2.75, 3.05) is 12.9 Å². The second kappa shape index (κ2) is 5.12. The monoisotopic (exact) mass is 254 g/mol. The first kappa shape index (κ1) is 12.5. The summed E-state index contributed by atoms with van der Waals surface area (Å²) in [6, 6.07) is 2.03. The van der Waals surface area contributed by atoms with Gasteiger partial charge in [0.15, 0.2) is 0 Å². The van der Waals surface area contributed by atoms with Gasteiger partial charge in [-0.1, -0.05) is 0 Å². The molecule has 0 aliphatic heterocycles. The van der Waals surface area contributed by atoms with E-state index in [-0.39, 0.29) is 11.4 Å². The number of thioether (sulfide) groups is 1. The molecule has 1 saturated carbocycles. The van der Waals surface area contributed by atoms with Gasteiger partial charge in [0.2, 0.25) is 0 Å². The van der Waals surface area contributed by atoms with E-state index in [4.69, 9.17) is 4.74 Å². The normalized spacial score (nSPS) is 16.8. The molecule has 1 aliphatic rings. The molecule has 2 rings (SSSR count). The molecule has 0 N–H and O–H groups in total. The molecular formula is C12H18N2O2S. The van der Waals surface area contributed by atoms with E-state index in [0.29, 0.717) is 6.42 Å². The molecule has 1 aromatic rings. The summed E-state index contributed by atoms with van der Waals surface area (Å²) in [5.74, 6) is 1.86. The number of ether oxygens (including phenoxy) is 1. The molecule has 0 aromatic carbocycles. The van der Waals surface area contributed by atoms with Gasteiger partial charge in [-0.05, 0) is 30.1 Å². The summed E-state index contributed by atoms with van der Waals surface area (Å²) < 4.78 is 6.55. The van der Waals surface area contributed by atoms with Crippen LogP contribution in [0.3, 0.4) is 0 Å². The predicted octanol–water partition coefficient (Wildman–Crippen LogP) is 2.00. The van der Waals surface area contributed by atoms with E-state index >= 15 is 0 Å². The van der Waals surface area contributed by atoms with E-state index in [1.807, 2.05) is 35.8 Å². The molecule has 1 aromatic heterocycles. The summed E-state index contributed by atoms with van der Waals surface area (Å²) in [5.41, 5.74) is 1.32. The zero-order valence-electron chi connectivity index (χ0n) is 10.3. The van der Waals surface area contributed by atoms with E-state index in [0.717, 1.165) is 30.0 Å². The Morgan fingerprint density at radius 3 is 2.94 bits per heavy atom. The molecular weight excluding hydrogens is 236 g/mol. The number of hydrogen-bond donors (Lipinski definition) is 0. The summed E-state index contributed by atoms with van der Waals surface area (Å²) >= 11 is 1.86. The van der Waals surface area contributed by atoms with Gasteiger partial charge >= 0.3 is 5.97 Å². The predicted molar refractivity (Wildman–Crippen MR) is 67.7 cm³/mol. The Morgan fingerprint density at radius 1 is 1.65 bits per heavy atom. The van der Waals surface area contributed by atoms with Crippen LogP contribution in [0.5, 0.6) is 0 Å². The van der Waals surface area contributed by atoms with Crippen molar-refractivity contribution in [2.24, 2.45) is 12.5 Å². The van der Waals surface area contributed by atoms with Gasteiger partial charge in [0.1, 0.15) is 0 Å². The smallest absolute Gasteiger partial charge is 0.306 e. The maximum absolute atomic E-state index is 11.3. The lowest BCUT2D eigenvalue weighted by atomic mass is 10.1. The van der Waals surface area contributed by atoms with Gasteiger partial charge < -0.3 is 4.74 Å². The Kier molecular flexibility index (Phi) is 3.76. The fraction of sp³-hybridized carbons (Fsp3) is 0.667. The highest BCUT2D eigenvalue weighted by Gasteiger charge is 2.44. The minimum atomic E-state index is -0.0825. The highest BCUT2D eigenvalue weighted by Crippen LogP contribution is 2.51. The molecule has 4 nitrogen and oxygen atoms in total. The van der Waals surface area contributed by atoms with Crippen LogP contribution in [0, 0.1) is 5.41 Å². The minimum absolute atomic E-state index is 0.0825. The third kappa shape index (κ3) is 3.49. The van der Waals surface area contributed by atoms with Gasteiger partial charge in [-0.15, -0.1) is 0 Å². The van der Waals surface area contributed by atoms with Crippen molar-refractivity contribution in [2.45, 2.75) is 25.0 Å². The molecule has 94 valence electrons. The van der Waals surface area contributed by atoms with Crippen LogP contribution in [0.15, 0.2) is 12.3 Å². The number of esters is 1. The number of carbonyl (C=O) groups is 1. The first-order chi connectivity index (χ1) is 8.13.